The van der Waals surface area contributed by atoms with Crippen LogP contribution in [-0.4, -0.2) is 49.5 Å². The molecule has 1 saturated heterocycles. The van der Waals surface area contributed by atoms with Crippen molar-refractivity contribution in [3.63, 3.8) is 0 Å². The number of carbonyl (C=O) groups excluding carboxylic acids is 1. The van der Waals surface area contributed by atoms with Gasteiger partial charge in [-0.05, 0) is 43.4 Å². The molecule has 2 heterocycles. The predicted octanol–water partition coefficient (Wildman–Crippen LogP) is 2.89. The summed E-state index contributed by atoms with van der Waals surface area (Å²) in [7, 11) is -2.91. The monoisotopic (exact) mass is 394 g/mol. The average Bonchev–Trinajstić information content (AvgIpc) is 3.03. The standard InChI is InChI=1S/C19H23ClN2O3S/c1-14-10-17(11-21-14)19(23)22(13-16-4-2-3-5-18(16)20)12-15-6-8-26(24,25)9-7-15/h2-5,10,15H,6-9,11-13H2,1H3. The van der Waals surface area contributed by atoms with Crippen LogP contribution < -0.4 is 0 Å². The second-order valence-electron chi connectivity index (χ2n) is 7.00. The molecule has 0 bridgehead atoms. The summed E-state index contributed by atoms with van der Waals surface area (Å²) in [5.74, 6) is 0.556. The molecule has 2 aliphatic rings. The molecule has 140 valence electrons. The third-order valence-corrected chi connectivity index (χ3v) is 7.00. The van der Waals surface area contributed by atoms with E-state index < -0.39 is 9.84 Å². The van der Waals surface area contributed by atoms with Crippen LogP contribution in [0.2, 0.25) is 5.02 Å². The highest BCUT2D eigenvalue weighted by Crippen LogP contribution is 2.24. The Hall–Kier alpha value is -1.66. The minimum absolute atomic E-state index is 0.0426. The maximum atomic E-state index is 13.0. The van der Waals surface area contributed by atoms with E-state index in [4.69, 9.17) is 11.6 Å². The summed E-state index contributed by atoms with van der Waals surface area (Å²) in [6.45, 7) is 3.24. The molecule has 0 unspecified atom stereocenters. The summed E-state index contributed by atoms with van der Waals surface area (Å²) < 4.78 is 23.3. The Kier molecular flexibility index (Phi) is 5.82. The smallest absolute Gasteiger partial charge is 0.252 e. The molecule has 0 atom stereocenters. The highest BCUT2D eigenvalue weighted by atomic mass is 35.5. The molecule has 2 aliphatic heterocycles. The maximum Gasteiger partial charge on any atom is 0.252 e. The second kappa shape index (κ2) is 7.92. The minimum atomic E-state index is -2.91. The number of halogens is 1. The van der Waals surface area contributed by atoms with E-state index in [9.17, 15) is 13.2 Å². The van der Waals surface area contributed by atoms with Crippen molar-refractivity contribution in [2.24, 2.45) is 10.9 Å². The van der Waals surface area contributed by atoms with Gasteiger partial charge in [-0.15, -0.1) is 0 Å². The number of benzene rings is 1. The molecular weight excluding hydrogens is 372 g/mol. The molecular formula is C19H23ClN2O3S. The van der Waals surface area contributed by atoms with Gasteiger partial charge in [0.1, 0.15) is 9.84 Å². The van der Waals surface area contributed by atoms with Gasteiger partial charge < -0.3 is 4.90 Å². The van der Waals surface area contributed by atoms with Gasteiger partial charge in [0.05, 0.1) is 18.1 Å². The van der Waals surface area contributed by atoms with E-state index in [0.717, 1.165) is 11.3 Å². The summed E-state index contributed by atoms with van der Waals surface area (Å²) in [5, 5.41) is 0.629. The van der Waals surface area contributed by atoms with Crippen LogP contribution in [-0.2, 0) is 21.2 Å². The fraction of sp³-hybridized carbons (Fsp3) is 0.474. The lowest BCUT2D eigenvalue weighted by Crippen LogP contribution is -2.38. The third kappa shape index (κ3) is 4.74. The summed E-state index contributed by atoms with van der Waals surface area (Å²) in [6, 6.07) is 7.49. The molecule has 1 aromatic rings. The number of nitrogens with zero attached hydrogens (tertiary/aromatic N) is 2. The fourth-order valence-electron chi connectivity index (χ4n) is 3.37. The third-order valence-electron chi connectivity index (χ3n) is 4.92. The zero-order chi connectivity index (χ0) is 18.7. The Balaban J connectivity index is 1.76. The molecule has 26 heavy (non-hydrogen) atoms. The molecule has 1 aromatic carbocycles. The van der Waals surface area contributed by atoms with Crippen molar-refractivity contribution in [1.29, 1.82) is 0 Å². The van der Waals surface area contributed by atoms with Crippen molar-refractivity contribution in [3.8, 4) is 0 Å². The Morgan fingerprint density at radius 1 is 1.27 bits per heavy atom. The Morgan fingerprint density at radius 3 is 2.58 bits per heavy atom. The van der Waals surface area contributed by atoms with Gasteiger partial charge in [-0.3, -0.25) is 9.79 Å². The normalized spacial score (nSPS) is 19.8. The number of allylic oxidation sites excluding steroid dienone is 1. The molecule has 0 aromatic heterocycles. The number of sulfone groups is 1. The van der Waals surface area contributed by atoms with Gasteiger partial charge >= 0.3 is 0 Å². The van der Waals surface area contributed by atoms with Crippen molar-refractivity contribution in [1.82, 2.24) is 4.90 Å². The van der Waals surface area contributed by atoms with Crippen LogP contribution in [0.1, 0.15) is 25.3 Å². The maximum absolute atomic E-state index is 13.0. The van der Waals surface area contributed by atoms with Crippen LogP contribution in [0.5, 0.6) is 0 Å². The van der Waals surface area contributed by atoms with Crippen molar-refractivity contribution in [2.75, 3.05) is 24.6 Å². The molecule has 0 radical (unpaired) electrons. The SMILES string of the molecule is CC1=NCC(C(=O)N(Cc2ccccc2Cl)CC2CCS(=O)(=O)CC2)=C1. The molecule has 1 fully saturated rings. The fourth-order valence-corrected chi connectivity index (χ4v) is 5.15. The molecule has 1 amide bonds. The van der Waals surface area contributed by atoms with E-state index in [1.165, 1.54) is 0 Å². The first kappa shape index (κ1) is 19.1. The van der Waals surface area contributed by atoms with E-state index in [0.29, 0.717) is 43.1 Å². The topological polar surface area (TPSA) is 66.8 Å². The number of carbonyl (C=O) groups is 1. The van der Waals surface area contributed by atoms with Crippen LogP contribution in [0.3, 0.4) is 0 Å². The van der Waals surface area contributed by atoms with Gasteiger partial charge in [0.15, 0.2) is 0 Å². The number of amides is 1. The van der Waals surface area contributed by atoms with Gasteiger partial charge in [0.25, 0.3) is 5.91 Å². The lowest BCUT2D eigenvalue weighted by molar-refractivity contribution is -0.128. The lowest BCUT2D eigenvalue weighted by atomic mass is 10.0. The summed E-state index contributed by atoms with van der Waals surface area (Å²) >= 11 is 6.28. The predicted molar refractivity (Wildman–Crippen MR) is 104 cm³/mol. The van der Waals surface area contributed by atoms with E-state index in [-0.39, 0.29) is 23.3 Å². The Labute approximate surface area is 159 Å². The van der Waals surface area contributed by atoms with Gasteiger partial charge in [0, 0.05) is 29.4 Å². The zero-order valence-corrected chi connectivity index (χ0v) is 16.4. The molecule has 3 rings (SSSR count). The van der Waals surface area contributed by atoms with E-state index >= 15 is 0 Å². The summed E-state index contributed by atoms with van der Waals surface area (Å²) in [4.78, 5) is 19.1. The van der Waals surface area contributed by atoms with Gasteiger partial charge in [-0.1, -0.05) is 29.8 Å². The van der Waals surface area contributed by atoms with Crippen LogP contribution in [0, 0.1) is 5.92 Å². The number of hydrogen-bond donors (Lipinski definition) is 0. The quantitative estimate of drug-likeness (QED) is 0.771. The van der Waals surface area contributed by atoms with Crippen LogP contribution in [0.15, 0.2) is 40.9 Å². The summed E-state index contributed by atoms with van der Waals surface area (Å²) in [5.41, 5.74) is 2.43. The zero-order valence-electron chi connectivity index (χ0n) is 14.8. The van der Waals surface area contributed by atoms with Gasteiger partial charge in [-0.25, -0.2) is 8.42 Å². The molecule has 0 N–H and O–H groups in total. The first-order valence-electron chi connectivity index (χ1n) is 8.79. The number of rotatable bonds is 5. The van der Waals surface area contributed by atoms with Crippen molar-refractivity contribution in [3.05, 3.63) is 46.5 Å². The molecule has 0 saturated carbocycles. The molecule has 7 heteroatoms. The second-order valence-corrected chi connectivity index (χ2v) is 9.71. The van der Waals surface area contributed by atoms with E-state index in [1.807, 2.05) is 37.3 Å². The number of aliphatic imine (C=N–C) groups is 1. The minimum Gasteiger partial charge on any atom is -0.334 e. The van der Waals surface area contributed by atoms with Crippen molar-refractivity contribution < 1.29 is 13.2 Å². The highest BCUT2D eigenvalue weighted by molar-refractivity contribution is 7.91. The first-order chi connectivity index (χ1) is 12.3. The Morgan fingerprint density at radius 2 is 1.96 bits per heavy atom. The largest absolute Gasteiger partial charge is 0.334 e. The lowest BCUT2D eigenvalue weighted by Gasteiger charge is -2.30. The Bertz CT molecular complexity index is 847. The number of hydrogen-bond acceptors (Lipinski definition) is 4. The van der Waals surface area contributed by atoms with Crippen LogP contribution >= 0.6 is 11.6 Å². The van der Waals surface area contributed by atoms with E-state index in [2.05, 4.69) is 4.99 Å². The summed E-state index contributed by atoms with van der Waals surface area (Å²) in [6.07, 6.45) is 3.03. The average molecular weight is 395 g/mol. The van der Waals surface area contributed by atoms with Crippen molar-refractivity contribution in [2.45, 2.75) is 26.3 Å². The molecule has 0 aliphatic carbocycles. The van der Waals surface area contributed by atoms with Gasteiger partial charge in [-0.2, -0.15) is 0 Å². The van der Waals surface area contributed by atoms with E-state index in [1.54, 1.807) is 4.90 Å². The van der Waals surface area contributed by atoms with Gasteiger partial charge in [0.2, 0.25) is 0 Å². The van der Waals surface area contributed by atoms with Crippen LogP contribution in [0.4, 0.5) is 0 Å². The van der Waals surface area contributed by atoms with Crippen LogP contribution in [0.25, 0.3) is 0 Å². The highest BCUT2D eigenvalue weighted by Gasteiger charge is 2.28. The first-order valence-corrected chi connectivity index (χ1v) is 11.0. The molecule has 0 spiro atoms. The molecule has 5 nitrogen and oxygen atoms in total. The van der Waals surface area contributed by atoms with Crippen molar-refractivity contribution >= 4 is 33.1 Å².